The molecule has 0 aliphatic carbocycles. The minimum absolute atomic E-state index is 0.0402. The summed E-state index contributed by atoms with van der Waals surface area (Å²) < 4.78 is 4.96. The van der Waals surface area contributed by atoms with Crippen molar-refractivity contribution in [1.82, 2.24) is 0 Å². The Morgan fingerprint density at radius 2 is 2.14 bits per heavy atom. The summed E-state index contributed by atoms with van der Waals surface area (Å²) in [5.41, 5.74) is -0.0402. The Bertz CT molecular complexity index is 363. The zero-order valence-electron chi connectivity index (χ0n) is 7.78. The third-order valence-corrected chi connectivity index (χ3v) is 2.04. The fourth-order valence-electron chi connectivity index (χ4n) is 0.849. The molecule has 1 rings (SSSR count). The Morgan fingerprint density at radius 1 is 1.50 bits per heavy atom. The van der Waals surface area contributed by atoms with E-state index in [9.17, 15) is 4.79 Å². The maximum absolute atomic E-state index is 11.2. The molecule has 1 N–H and O–H groups in total. The van der Waals surface area contributed by atoms with Crippen LogP contribution in [-0.4, -0.2) is 11.7 Å². The molecule has 14 heavy (non-hydrogen) atoms. The molecule has 1 aromatic carbocycles. The van der Waals surface area contributed by atoms with Crippen LogP contribution in [0.3, 0.4) is 0 Å². The summed E-state index contributed by atoms with van der Waals surface area (Å²) in [6, 6.07) is 6.91. The maximum Gasteiger partial charge on any atom is 0.357 e. The van der Waals surface area contributed by atoms with E-state index in [1.807, 2.05) is 0 Å². The summed E-state index contributed by atoms with van der Waals surface area (Å²) in [7, 11) is 0. The van der Waals surface area contributed by atoms with Crippen LogP contribution in [0.4, 0.5) is 0 Å². The van der Waals surface area contributed by atoms with Crippen LogP contribution < -0.4 is 4.74 Å². The molecule has 74 valence electrons. The van der Waals surface area contributed by atoms with E-state index < -0.39 is 5.97 Å². The van der Waals surface area contributed by atoms with Gasteiger partial charge in [-0.05, 0) is 18.6 Å². The smallest absolute Gasteiger partial charge is 0.357 e. The van der Waals surface area contributed by atoms with Gasteiger partial charge in [0.1, 0.15) is 11.5 Å². The zero-order valence-corrected chi connectivity index (χ0v) is 8.67. The summed E-state index contributed by atoms with van der Waals surface area (Å²) in [4.78, 5) is 11.8. The lowest BCUT2D eigenvalue weighted by Crippen LogP contribution is -2.18. The molecule has 0 bridgehead atoms. The fraction of sp³-hybridized carbons (Fsp3) is 0.200. The highest BCUT2D eigenvalue weighted by Gasteiger charge is 2.10. The lowest BCUT2D eigenvalue weighted by Gasteiger charge is -2.05. The van der Waals surface area contributed by atoms with Crippen LogP contribution in [-0.2, 0) is 4.79 Å². The van der Waals surface area contributed by atoms with Crippen LogP contribution in [0, 0.1) is 5.41 Å². The Kier molecular flexibility index (Phi) is 3.71. The van der Waals surface area contributed by atoms with E-state index in [0.29, 0.717) is 17.1 Å². The van der Waals surface area contributed by atoms with Gasteiger partial charge in [0, 0.05) is 4.90 Å². The van der Waals surface area contributed by atoms with Crippen molar-refractivity contribution >= 4 is 24.3 Å². The Hall–Kier alpha value is -1.29. The van der Waals surface area contributed by atoms with Gasteiger partial charge in [-0.1, -0.05) is 19.1 Å². The predicted octanol–water partition coefficient (Wildman–Crippen LogP) is 2.31. The van der Waals surface area contributed by atoms with Crippen LogP contribution in [0.1, 0.15) is 13.3 Å². The molecule has 0 aliphatic rings. The van der Waals surface area contributed by atoms with E-state index in [4.69, 9.17) is 10.1 Å². The summed E-state index contributed by atoms with van der Waals surface area (Å²) in [6.07, 6.45) is 0.369. The SMILES string of the molecule is CCC(=N)C(=O)Oc1ccccc1S. The van der Waals surface area contributed by atoms with Gasteiger partial charge in [-0.2, -0.15) is 0 Å². The topological polar surface area (TPSA) is 50.2 Å². The number of benzene rings is 1. The minimum atomic E-state index is -0.617. The number of carbonyl (C=O) groups is 1. The zero-order chi connectivity index (χ0) is 10.6. The van der Waals surface area contributed by atoms with Crippen molar-refractivity contribution in [2.75, 3.05) is 0 Å². The van der Waals surface area contributed by atoms with Crippen LogP contribution in [0.15, 0.2) is 29.2 Å². The van der Waals surface area contributed by atoms with E-state index in [1.165, 1.54) is 0 Å². The molecule has 0 atom stereocenters. The number of esters is 1. The molecule has 1 aromatic rings. The molecule has 0 saturated heterocycles. The molecule has 0 saturated carbocycles. The monoisotopic (exact) mass is 209 g/mol. The second-order valence-corrected chi connectivity index (χ2v) is 3.17. The molecule has 0 spiro atoms. The number of para-hydroxylation sites is 1. The summed E-state index contributed by atoms with van der Waals surface area (Å²) in [5, 5.41) is 7.26. The molecule has 3 nitrogen and oxygen atoms in total. The van der Waals surface area contributed by atoms with Gasteiger partial charge in [0.15, 0.2) is 0 Å². The van der Waals surface area contributed by atoms with Crippen molar-refractivity contribution in [3.8, 4) is 5.75 Å². The standard InChI is InChI=1S/C10H11NO2S/c1-2-7(11)10(12)13-8-5-3-4-6-9(8)14/h3-6,11,14H,2H2,1H3. The van der Waals surface area contributed by atoms with E-state index in [2.05, 4.69) is 12.6 Å². The van der Waals surface area contributed by atoms with Gasteiger partial charge >= 0.3 is 5.97 Å². The van der Waals surface area contributed by atoms with Crippen molar-refractivity contribution in [3.63, 3.8) is 0 Å². The average molecular weight is 209 g/mol. The van der Waals surface area contributed by atoms with Gasteiger partial charge in [0.05, 0.1) is 0 Å². The highest BCUT2D eigenvalue weighted by molar-refractivity contribution is 7.80. The lowest BCUT2D eigenvalue weighted by molar-refractivity contribution is -0.127. The third kappa shape index (κ3) is 2.60. The first-order valence-electron chi connectivity index (χ1n) is 4.22. The molecule has 0 fully saturated rings. The maximum atomic E-state index is 11.2. The second kappa shape index (κ2) is 4.81. The predicted molar refractivity (Wildman–Crippen MR) is 57.3 cm³/mol. The van der Waals surface area contributed by atoms with E-state index in [-0.39, 0.29) is 5.71 Å². The molecule has 0 aliphatic heterocycles. The Labute approximate surface area is 88.0 Å². The average Bonchev–Trinajstić information content (AvgIpc) is 2.20. The van der Waals surface area contributed by atoms with Crippen LogP contribution in [0.5, 0.6) is 5.75 Å². The number of carbonyl (C=O) groups excluding carboxylic acids is 1. The summed E-state index contributed by atoms with van der Waals surface area (Å²) in [5.74, 6) is -0.229. The molecule has 0 aromatic heterocycles. The highest BCUT2D eigenvalue weighted by atomic mass is 32.1. The van der Waals surface area contributed by atoms with E-state index >= 15 is 0 Å². The van der Waals surface area contributed by atoms with Gasteiger partial charge in [-0.15, -0.1) is 12.6 Å². The van der Waals surface area contributed by atoms with Gasteiger partial charge in [-0.25, -0.2) is 4.79 Å². The Balaban J connectivity index is 2.75. The minimum Gasteiger partial charge on any atom is -0.421 e. The largest absolute Gasteiger partial charge is 0.421 e. The summed E-state index contributed by atoms with van der Waals surface area (Å²) in [6.45, 7) is 1.73. The third-order valence-electron chi connectivity index (χ3n) is 1.67. The van der Waals surface area contributed by atoms with Crippen LogP contribution in [0.2, 0.25) is 0 Å². The van der Waals surface area contributed by atoms with Crippen molar-refractivity contribution in [3.05, 3.63) is 24.3 Å². The quantitative estimate of drug-likeness (QED) is 0.347. The van der Waals surface area contributed by atoms with Crippen molar-refractivity contribution in [2.24, 2.45) is 0 Å². The normalized spacial score (nSPS) is 9.57. The number of thiol groups is 1. The number of hydrogen-bond donors (Lipinski definition) is 2. The first kappa shape index (κ1) is 10.8. The van der Waals surface area contributed by atoms with Gasteiger partial charge in [0.2, 0.25) is 0 Å². The van der Waals surface area contributed by atoms with Crippen molar-refractivity contribution in [2.45, 2.75) is 18.2 Å². The van der Waals surface area contributed by atoms with Gasteiger partial charge < -0.3 is 4.74 Å². The number of rotatable bonds is 3. The fourth-order valence-corrected chi connectivity index (χ4v) is 1.06. The summed E-state index contributed by atoms with van der Waals surface area (Å²) >= 11 is 4.12. The lowest BCUT2D eigenvalue weighted by atomic mass is 10.3. The van der Waals surface area contributed by atoms with Crippen molar-refractivity contribution < 1.29 is 9.53 Å². The molecule has 0 radical (unpaired) electrons. The van der Waals surface area contributed by atoms with Gasteiger partial charge in [-0.3, -0.25) is 5.41 Å². The van der Waals surface area contributed by atoms with Gasteiger partial charge in [0.25, 0.3) is 0 Å². The first-order valence-corrected chi connectivity index (χ1v) is 4.67. The number of hydrogen-bond acceptors (Lipinski definition) is 4. The molecule has 0 unspecified atom stereocenters. The first-order chi connectivity index (χ1) is 6.65. The second-order valence-electron chi connectivity index (χ2n) is 2.69. The van der Waals surface area contributed by atoms with Crippen molar-refractivity contribution in [1.29, 1.82) is 5.41 Å². The van der Waals surface area contributed by atoms with E-state index in [1.54, 1.807) is 31.2 Å². The number of nitrogens with one attached hydrogen (secondary N) is 1. The molecule has 4 heteroatoms. The Morgan fingerprint density at radius 3 is 2.71 bits per heavy atom. The molecular weight excluding hydrogens is 198 g/mol. The molecule has 0 heterocycles. The number of ether oxygens (including phenoxy) is 1. The molecule has 0 amide bonds. The molecular formula is C10H11NO2S. The van der Waals surface area contributed by atoms with Crippen LogP contribution in [0.25, 0.3) is 0 Å². The van der Waals surface area contributed by atoms with Crippen LogP contribution >= 0.6 is 12.6 Å². The van der Waals surface area contributed by atoms with E-state index in [0.717, 1.165) is 0 Å². The highest BCUT2D eigenvalue weighted by Crippen LogP contribution is 2.21.